The minimum Gasteiger partial charge on any atom is -0.468 e. The van der Waals surface area contributed by atoms with Gasteiger partial charge in [-0.3, -0.25) is 24.3 Å². The van der Waals surface area contributed by atoms with Crippen molar-refractivity contribution in [2.24, 2.45) is 11.5 Å². The topological polar surface area (TPSA) is 118 Å². The molecule has 2 fully saturated rings. The van der Waals surface area contributed by atoms with Gasteiger partial charge in [-0.25, -0.2) is 0 Å². The van der Waals surface area contributed by atoms with E-state index in [1.807, 2.05) is 53.4 Å². The van der Waals surface area contributed by atoms with E-state index < -0.39 is 0 Å². The zero-order valence-corrected chi connectivity index (χ0v) is 34.1. The van der Waals surface area contributed by atoms with Gasteiger partial charge in [0.15, 0.2) is 0 Å². The molecule has 6 rings (SSSR count). The lowest BCUT2D eigenvalue weighted by Crippen LogP contribution is -2.58. The van der Waals surface area contributed by atoms with Gasteiger partial charge in [-0.1, -0.05) is 78.9 Å². The highest BCUT2D eigenvalue weighted by Crippen LogP contribution is 2.24. The smallest absolute Gasteiger partial charge is 0.324 e. The SMILES string of the molecule is COC(=O)C1CN(CC(N)CS)CCN1Cc1cccc2ccccc12.COCCC1CN(C(=O)c2cccc3ccccc23)CCN1CC(N)CS.Cl. The molecular weight excluding hydrogens is 740 g/mol. The summed E-state index contributed by atoms with van der Waals surface area (Å²) in [6, 6.07) is 28.7. The van der Waals surface area contributed by atoms with Crippen molar-refractivity contribution in [1.29, 1.82) is 0 Å². The fourth-order valence-electron chi connectivity index (χ4n) is 7.42. The summed E-state index contributed by atoms with van der Waals surface area (Å²) in [6.45, 7) is 7.53. The number of rotatable bonds is 13. The molecular formula is C41H57ClN6O4S2. The Morgan fingerprint density at radius 2 is 1.37 bits per heavy atom. The summed E-state index contributed by atoms with van der Waals surface area (Å²) in [5, 5.41) is 4.56. The van der Waals surface area contributed by atoms with Crippen LogP contribution in [0.15, 0.2) is 84.9 Å². The number of hydrogen-bond acceptors (Lipinski definition) is 11. The summed E-state index contributed by atoms with van der Waals surface area (Å²) in [6.07, 6.45) is 0.884. The van der Waals surface area contributed by atoms with Crippen LogP contribution in [0, 0.1) is 0 Å². The van der Waals surface area contributed by atoms with E-state index in [9.17, 15) is 9.59 Å². The number of carbonyl (C=O) groups is 2. The maximum atomic E-state index is 13.3. The Balaban J connectivity index is 0.000000236. The molecule has 0 saturated carbocycles. The predicted octanol–water partition coefficient (Wildman–Crippen LogP) is 4.44. The standard InChI is InChI=1S/C21H29N3O2S.C20H27N3O2S.ClH/c1-26-12-9-18-14-24(11-10-23(18)13-17(22)15-27)21(25)20-8-4-6-16-5-2-3-7-19(16)20;1-25-20(24)19-13-22(12-17(21)14-26)9-10-23(19)11-16-7-4-6-15-5-2-3-8-18(15)16;/h2-8,17-18,27H,9-15,22H2,1H3;2-8,17,19,26H,9-14,21H2,1H3;1H. The number of benzene rings is 4. The molecule has 4 atom stereocenters. The number of halogens is 1. The highest BCUT2D eigenvalue weighted by Gasteiger charge is 2.34. The minimum atomic E-state index is -0.278. The summed E-state index contributed by atoms with van der Waals surface area (Å²) in [7, 11) is 3.17. The van der Waals surface area contributed by atoms with Crippen molar-refractivity contribution >= 4 is 71.1 Å². The van der Waals surface area contributed by atoms with Crippen LogP contribution >= 0.6 is 37.7 Å². The largest absolute Gasteiger partial charge is 0.468 e. The zero-order chi connectivity index (χ0) is 37.7. The second-order valence-corrected chi connectivity index (χ2v) is 14.7. The van der Waals surface area contributed by atoms with Crippen LogP contribution in [0.1, 0.15) is 22.3 Å². The summed E-state index contributed by atoms with van der Waals surface area (Å²) in [5.41, 5.74) is 14.2. The van der Waals surface area contributed by atoms with Crippen molar-refractivity contribution in [3.05, 3.63) is 96.1 Å². The van der Waals surface area contributed by atoms with E-state index in [4.69, 9.17) is 20.9 Å². The predicted molar refractivity (Wildman–Crippen MR) is 229 cm³/mol. The second-order valence-electron chi connectivity index (χ2n) is 14.0. The third-order valence-electron chi connectivity index (χ3n) is 10.3. The van der Waals surface area contributed by atoms with Crippen molar-refractivity contribution in [1.82, 2.24) is 19.6 Å². The summed E-state index contributed by atoms with van der Waals surface area (Å²) < 4.78 is 10.4. The van der Waals surface area contributed by atoms with Crippen LogP contribution in [-0.4, -0.2) is 140 Å². The molecule has 0 aromatic heterocycles. The Kier molecular flexibility index (Phi) is 17.8. The van der Waals surface area contributed by atoms with Gasteiger partial charge in [-0.05, 0) is 39.6 Å². The number of hydrogen-bond donors (Lipinski definition) is 4. The van der Waals surface area contributed by atoms with Gasteiger partial charge in [0.1, 0.15) is 6.04 Å². The van der Waals surface area contributed by atoms with Crippen LogP contribution in [0.2, 0.25) is 0 Å². The van der Waals surface area contributed by atoms with Crippen molar-refractivity contribution in [2.45, 2.75) is 37.1 Å². The highest BCUT2D eigenvalue weighted by atomic mass is 35.5. The molecule has 2 aliphatic heterocycles. The quantitative estimate of drug-likeness (QED) is 0.115. The van der Waals surface area contributed by atoms with Crippen LogP contribution in [0.5, 0.6) is 0 Å². The number of nitrogens with two attached hydrogens (primary N) is 2. The number of piperazine rings is 2. The molecule has 0 bridgehead atoms. The number of methoxy groups -OCH3 is 2. The highest BCUT2D eigenvalue weighted by molar-refractivity contribution is 7.80. The van der Waals surface area contributed by atoms with Crippen molar-refractivity contribution < 1.29 is 19.1 Å². The number of amides is 1. The van der Waals surface area contributed by atoms with Crippen LogP contribution < -0.4 is 11.5 Å². The Morgan fingerprint density at radius 1 is 0.759 bits per heavy atom. The van der Waals surface area contributed by atoms with Crippen LogP contribution in [0.4, 0.5) is 0 Å². The van der Waals surface area contributed by atoms with Gasteiger partial charge in [0.2, 0.25) is 0 Å². The van der Waals surface area contributed by atoms with E-state index in [1.165, 1.54) is 23.4 Å². The third kappa shape index (κ3) is 11.6. The Hall–Kier alpha value is -2.91. The molecule has 1 amide bonds. The first-order chi connectivity index (χ1) is 25.8. The van der Waals surface area contributed by atoms with Crippen molar-refractivity contribution in [3.63, 3.8) is 0 Å². The van der Waals surface area contributed by atoms with Gasteiger partial charge in [-0.15, -0.1) is 12.4 Å². The molecule has 294 valence electrons. The number of esters is 1. The average Bonchev–Trinajstić information content (AvgIpc) is 3.20. The number of nitrogens with zero attached hydrogens (tertiary/aromatic N) is 4. The molecule has 4 unspecified atom stereocenters. The molecule has 0 spiro atoms. The molecule has 2 saturated heterocycles. The van der Waals surface area contributed by atoms with E-state index in [-0.39, 0.29) is 48.5 Å². The minimum absolute atomic E-state index is 0. The first-order valence-corrected chi connectivity index (χ1v) is 19.8. The molecule has 4 aromatic carbocycles. The monoisotopic (exact) mass is 796 g/mol. The van der Waals surface area contributed by atoms with Crippen molar-refractivity contribution in [3.8, 4) is 0 Å². The Bertz CT molecular complexity index is 1780. The van der Waals surface area contributed by atoms with Gasteiger partial charge in [0.25, 0.3) is 5.91 Å². The lowest BCUT2D eigenvalue weighted by Gasteiger charge is -2.42. The molecule has 13 heteroatoms. The number of ether oxygens (including phenoxy) is 2. The molecule has 2 heterocycles. The fraction of sp³-hybridized carbons (Fsp3) is 0.463. The second kappa shape index (κ2) is 22.0. The van der Waals surface area contributed by atoms with E-state index in [0.717, 1.165) is 62.0 Å². The van der Waals surface area contributed by atoms with E-state index in [2.05, 4.69) is 76.4 Å². The van der Waals surface area contributed by atoms with Crippen LogP contribution in [-0.2, 0) is 20.8 Å². The van der Waals surface area contributed by atoms with Gasteiger partial charge < -0.3 is 25.8 Å². The first kappa shape index (κ1) is 43.8. The Morgan fingerprint density at radius 3 is 2.06 bits per heavy atom. The lowest BCUT2D eigenvalue weighted by atomic mass is 10.0. The van der Waals surface area contributed by atoms with E-state index in [1.54, 1.807) is 7.11 Å². The molecule has 0 aliphatic carbocycles. The molecule has 4 N–H and O–H groups in total. The molecule has 54 heavy (non-hydrogen) atoms. The molecule has 4 aromatic rings. The fourth-order valence-corrected chi connectivity index (χ4v) is 7.65. The summed E-state index contributed by atoms with van der Waals surface area (Å²) in [5.74, 6) is 1.22. The maximum Gasteiger partial charge on any atom is 0.324 e. The Labute approximate surface area is 337 Å². The number of fused-ring (bicyclic) bond motifs is 2. The average molecular weight is 798 g/mol. The summed E-state index contributed by atoms with van der Waals surface area (Å²) >= 11 is 8.57. The molecule has 10 nitrogen and oxygen atoms in total. The molecule has 2 aliphatic rings. The van der Waals surface area contributed by atoms with Gasteiger partial charge in [0, 0.05) is 108 Å². The van der Waals surface area contributed by atoms with Gasteiger partial charge >= 0.3 is 5.97 Å². The normalized spacial score (nSPS) is 19.4. The van der Waals surface area contributed by atoms with Crippen molar-refractivity contribution in [2.75, 3.05) is 84.7 Å². The lowest BCUT2D eigenvalue weighted by molar-refractivity contribution is -0.150. The van der Waals surface area contributed by atoms with Crippen LogP contribution in [0.25, 0.3) is 21.5 Å². The first-order valence-electron chi connectivity index (χ1n) is 18.5. The van der Waals surface area contributed by atoms with E-state index >= 15 is 0 Å². The zero-order valence-electron chi connectivity index (χ0n) is 31.5. The third-order valence-corrected chi connectivity index (χ3v) is 11.2. The van der Waals surface area contributed by atoms with E-state index in [0.29, 0.717) is 37.7 Å². The number of carbonyl (C=O) groups excluding carboxylic acids is 2. The van der Waals surface area contributed by atoms with Crippen LogP contribution in [0.3, 0.4) is 0 Å². The molecule has 0 radical (unpaired) electrons. The van der Waals surface area contributed by atoms with Gasteiger partial charge in [-0.2, -0.15) is 25.3 Å². The number of thiol groups is 2. The van der Waals surface area contributed by atoms with Gasteiger partial charge in [0.05, 0.1) is 7.11 Å². The maximum absolute atomic E-state index is 13.3. The summed E-state index contributed by atoms with van der Waals surface area (Å²) in [4.78, 5) is 34.5.